The van der Waals surface area contributed by atoms with Crippen LogP contribution in [-0.2, 0) is 11.3 Å². The molecule has 1 N–H and O–H groups in total. The number of benzene rings is 1. The summed E-state index contributed by atoms with van der Waals surface area (Å²) in [6.45, 7) is 2.72. The minimum Gasteiger partial charge on any atom is -0.415 e. The second-order valence-corrected chi connectivity index (χ2v) is 8.22. The van der Waals surface area contributed by atoms with Crippen LogP contribution in [0.15, 0.2) is 40.9 Å². The fraction of sp³-hybridized carbons (Fsp3) is 0.391. The van der Waals surface area contributed by atoms with Gasteiger partial charge in [0.1, 0.15) is 5.82 Å². The fourth-order valence-electron chi connectivity index (χ4n) is 4.00. The Morgan fingerprint density at radius 2 is 1.97 bits per heavy atom. The van der Waals surface area contributed by atoms with Crippen molar-refractivity contribution in [3.05, 3.63) is 53.9 Å². The molecule has 1 saturated heterocycles. The van der Waals surface area contributed by atoms with Gasteiger partial charge in [0.2, 0.25) is 12.3 Å². The number of hydrogen-bond donors (Lipinski definition) is 1. The summed E-state index contributed by atoms with van der Waals surface area (Å²) in [5.41, 5.74) is 2.24. The lowest BCUT2D eigenvalue weighted by atomic mass is 9.97. The van der Waals surface area contributed by atoms with Gasteiger partial charge in [-0.2, -0.15) is 8.78 Å². The topological polar surface area (TPSA) is 87.4 Å². The highest BCUT2D eigenvalue weighted by atomic mass is 19.3. The monoisotopic (exact) mass is 474 g/mol. The molecule has 0 aliphatic carbocycles. The van der Waals surface area contributed by atoms with Gasteiger partial charge < -0.3 is 19.5 Å². The molecule has 0 unspecified atom stereocenters. The molecular weight excluding hydrogens is 449 g/mol. The Morgan fingerprint density at radius 1 is 1.18 bits per heavy atom. The van der Waals surface area contributed by atoms with Crippen molar-refractivity contribution in [1.29, 1.82) is 0 Å². The van der Waals surface area contributed by atoms with Crippen LogP contribution in [0.4, 0.5) is 24.5 Å². The van der Waals surface area contributed by atoms with Crippen molar-refractivity contribution in [2.75, 3.05) is 36.5 Å². The van der Waals surface area contributed by atoms with Crippen molar-refractivity contribution in [2.24, 2.45) is 5.92 Å². The first-order valence-corrected chi connectivity index (χ1v) is 10.9. The van der Waals surface area contributed by atoms with Gasteiger partial charge in [0.25, 0.3) is 5.89 Å². The van der Waals surface area contributed by atoms with Crippen LogP contribution in [0.3, 0.4) is 0 Å². The number of hydrogen-bond acceptors (Lipinski definition) is 7. The maximum absolute atomic E-state index is 14.1. The van der Waals surface area contributed by atoms with Crippen LogP contribution in [-0.4, -0.2) is 48.3 Å². The molecule has 8 nitrogen and oxygen atoms in total. The molecule has 0 bridgehead atoms. The first kappa shape index (κ1) is 23.7. The number of piperidine rings is 1. The number of rotatable bonds is 9. The summed E-state index contributed by atoms with van der Waals surface area (Å²) in [6.07, 6.45) is 1.35. The Labute approximate surface area is 194 Å². The highest BCUT2D eigenvalue weighted by molar-refractivity contribution is 5.84. The number of aromatic nitrogens is 3. The van der Waals surface area contributed by atoms with Crippen molar-refractivity contribution in [3.8, 4) is 11.5 Å². The van der Waals surface area contributed by atoms with Gasteiger partial charge in [0.05, 0.1) is 29.2 Å². The van der Waals surface area contributed by atoms with E-state index >= 15 is 0 Å². The number of pyridine rings is 1. The SMILES string of the molecule is CN(Cc1ccc(-c2nnc(C(F)F)o2)cn1)c1cc(F)ccc1N(C=O)CC1CCNCC1. The average Bonchev–Trinajstić information content (AvgIpc) is 3.35. The molecule has 1 fully saturated rings. The van der Waals surface area contributed by atoms with Crippen LogP contribution in [0.2, 0.25) is 0 Å². The molecule has 0 spiro atoms. The van der Waals surface area contributed by atoms with Gasteiger partial charge in [0, 0.05) is 19.8 Å². The number of carbonyl (C=O) groups excluding carboxylic acids is 1. The van der Waals surface area contributed by atoms with Gasteiger partial charge >= 0.3 is 6.43 Å². The predicted molar refractivity (Wildman–Crippen MR) is 120 cm³/mol. The maximum Gasteiger partial charge on any atom is 0.314 e. The third-order valence-corrected chi connectivity index (χ3v) is 5.80. The van der Waals surface area contributed by atoms with Gasteiger partial charge in [-0.25, -0.2) is 4.39 Å². The summed E-state index contributed by atoms with van der Waals surface area (Å²) in [6, 6.07) is 7.69. The van der Waals surface area contributed by atoms with Crippen molar-refractivity contribution >= 4 is 17.8 Å². The molecule has 0 radical (unpaired) electrons. The number of alkyl halides is 2. The molecule has 34 heavy (non-hydrogen) atoms. The summed E-state index contributed by atoms with van der Waals surface area (Å²) in [5.74, 6) is -0.830. The second kappa shape index (κ2) is 10.6. The molecule has 1 aliphatic heterocycles. The van der Waals surface area contributed by atoms with Gasteiger partial charge in [-0.05, 0) is 62.2 Å². The quantitative estimate of drug-likeness (QED) is 0.472. The van der Waals surface area contributed by atoms with E-state index in [9.17, 15) is 18.0 Å². The van der Waals surface area contributed by atoms with Crippen LogP contribution in [0, 0.1) is 11.7 Å². The normalized spacial score (nSPS) is 14.4. The third kappa shape index (κ3) is 5.53. The second-order valence-electron chi connectivity index (χ2n) is 8.22. The van der Waals surface area contributed by atoms with E-state index < -0.39 is 18.1 Å². The van der Waals surface area contributed by atoms with Crippen LogP contribution >= 0.6 is 0 Å². The molecule has 1 aliphatic rings. The first-order valence-electron chi connectivity index (χ1n) is 10.9. The summed E-state index contributed by atoms with van der Waals surface area (Å²) < 4.78 is 44.4. The summed E-state index contributed by atoms with van der Waals surface area (Å²) in [7, 11) is 1.79. The molecule has 3 heterocycles. The Bertz CT molecular complexity index is 1100. The summed E-state index contributed by atoms with van der Waals surface area (Å²) in [4.78, 5) is 19.7. The molecule has 11 heteroatoms. The van der Waals surface area contributed by atoms with E-state index in [0.29, 0.717) is 41.6 Å². The van der Waals surface area contributed by atoms with E-state index in [4.69, 9.17) is 4.42 Å². The number of nitrogens with one attached hydrogen (secondary N) is 1. The minimum absolute atomic E-state index is 0.0466. The number of anilines is 2. The lowest BCUT2D eigenvalue weighted by Gasteiger charge is -2.31. The van der Waals surface area contributed by atoms with Gasteiger partial charge in [0.15, 0.2) is 0 Å². The number of amides is 1. The van der Waals surface area contributed by atoms with Crippen molar-refractivity contribution in [3.63, 3.8) is 0 Å². The molecule has 4 rings (SSSR count). The zero-order chi connectivity index (χ0) is 24.1. The Kier molecular flexibility index (Phi) is 7.41. The van der Waals surface area contributed by atoms with Gasteiger partial charge in [-0.15, -0.1) is 10.2 Å². The molecule has 3 aromatic rings. The van der Waals surface area contributed by atoms with Crippen LogP contribution < -0.4 is 15.1 Å². The van der Waals surface area contributed by atoms with E-state index in [1.807, 2.05) is 0 Å². The largest absolute Gasteiger partial charge is 0.415 e. The highest BCUT2D eigenvalue weighted by Gasteiger charge is 2.21. The average molecular weight is 474 g/mol. The standard InChI is InChI=1S/C23H25F3N6O2/c1-31(13-18-4-2-16(11-28-18)22-29-30-23(34-22)21(25)26)20-10-17(24)3-5-19(20)32(14-33)12-15-6-8-27-9-7-15/h2-5,10-11,14-15,21,27H,6-9,12-13H2,1H3. The van der Waals surface area contributed by atoms with Crippen LogP contribution in [0.25, 0.3) is 11.5 Å². The summed E-state index contributed by atoms with van der Waals surface area (Å²) in [5, 5.41) is 10.2. The Hall–Kier alpha value is -3.47. The van der Waals surface area contributed by atoms with Crippen molar-refractivity contribution < 1.29 is 22.4 Å². The minimum atomic E-state index is -2.84. The van der Waals surface area contributed by atoms with E-state index in [2.05, 4.69) is 20.5 Å². The maximum atomic E-state index is 14.1. The zero-order valence-corrected chi connectivity index (χ0v) is 18.6. The van der Waals surface area contributed by atoms with E-state index in [1.165, 1.54) is 18.3 Å². The van der Waals surface area contributed by atoms with Crippen LogP contribution in [0.5, 0.6) is 0 Å². The van der Waals surface area contributed by atoms with E-state index in [0.717, 1.165) is 32.3 Å². The lowest BCUT2D eigenvalue weighted by Crippen LogP contribution is -2.36. The van der Waals surface area contributed by atoms with Crippen LogP contribution in [0.1, 0.15) is 30.9 Å². The molecule has 180 valence electrons. The van der Waals surface area contributed by atoms with Crippen molar-refractivity contribution in [1.82, 2.24) is 20.5 Å². The highest BCUT2D eigenvalue weighted by Crippen LogP contribution is 2.31. The Balaban J connectivity index is 1.50. The first-order chi connectivity index (χ1) is 16.4. The van der Waals surface area contributed by atoms with Gasteiger partial charge in [-0.1, -0.05) is 0 Å². The third-order valence-electron chi connectivity index (χ3n) is 5.80. The molecule has 0 saturated carbocycles. The molecular formula is C23H25F3N6O2. The van der Waals surface area contributed by atoms with E-state index in [-0.39, 0.29) is 5.89 Å². The molecule has 0 atom stereocenters. The van der Waals surface area contributed by atoms with Gasteiger partial charge in [-0.3, -0.25) is 9.78 Å². The zero-order valence-electron chi connectivity index (χ0n) is 18.6. The van der Waals surface area contributed by atoms with E-state index in [1.54, 1.807) is 35.0 Å². The number of halogens is 3. The molecule has 1 aromatic carbocycles. The Morgan fingerprint density at radius 3 is 2.62 bits per heavy atom. The summed E-state index contributed by atoms with van der Waals surface area (Å²) >= 11 is 0. The lowest BCUT2D eigenvalue weighted by molar-refractivity contribution is -0.107. The van der Waals surface area contributed by atoms with Crippen molar-refractivity contribution in [2.45, 2.75) is 25.8 Å². The smallest absolute Gasteiger partial charge is 0.314 e. The number of carbonyl (C=O) groups is 1. The molecule has 1 amide bonds. The molecule has 2 aromatic heterocycles. The predicted octanol–water partition coefficient (Wildman–Crippen LogP) is 3.81. The number of nitrogens with zero attached hydrogens (tertiary/aromatic N) is 5. The fourth-order valence-corrected chi connectivity index (χ4v) is 4.00.